The molecule has 3 N–H and O–H groups in total. The molecule has 0 aromatic heterocycles. The van der Waals surface area contributed by atoms with Gasteiger partial charge >= 0.3 is 19.8 Å². The minimum absolute atomic E-state index is 0.0129. The van der Waals surface area contributed by atoms with Crippen LogP contribution in [0.2, 0.25) is 0 Å². The summed E-state index contributed by atoms with van der Waals surface area (Å²) in [4.78, 5) is 33.3. The molecule has 0 rings (SSSR count). The Balaban J connectivity index is 4.41. The van der Waals surface area contributed by atoms with Gasteiger partial charge < -0.3 is 29.1 Å². The summed E-state index contributed by atoms with van der Waals surface area (Å²) in [5.74, 6) is -1.19. The fraction of sp³-hybridized carbons (Fsp3) is 0.562. The van der Waals surface area contributed by atoms with Crippen molar-refractivity contribution in [2.24, 2.45) is 0 Å². The van der Waals surface area contributed by atoms with Crippen molar-refractivity contribution in [3.63, 3.8) is 0 Å². The Morgan fingerprint density at radius 1 is 0.886 bits per heavy atom. The molecule has 11 nitrogen and oxygen atoms in total. The van der Waals surface area contributed by atoms with Gasteiger partial charge in [-0.3, -0.25) is 18.6 Å². The van der Waals surface area contributed by atoms with E-state index in [0.29, 0.717) is 36.7 Å². The number of phosphoric acid groups is 1. The first-order chi connectivity index (χ1) is 20.7. The van der Waals surface area contributed by atoms with Crippen molar-refractivity contribution in [3.05, 3.63) is 72.9 Å². The number of nitrogens with zero attached hydrogens (tertiary/aromatic N) is 1. The second-order valence-corrected chi connectivity index (χ2v) is 12.3. The van der Waals surface area contributed by atoms with Gasteiger partial charge in [0.25, 0.3) is 0 Å². The van der Waals surface area contributed by atoms with Gasteiger partial charge in [-0.1, -0.05) is 79.8 Å². The number of esters is 2. The van der Waals surface area contributed by atoms with Crippen LogP contribution in [-0.2, 0) is 32.7 Å². The lowest BCUT2D eigenvalue weighted by Crippen LogP contribution is -2.37. The molecule has 0 fully saturated rings. The molecule has 0 amide bonds. The Kier molecular flexibility index (Phi) is 23.2. The molecule has 44 heavy (non-hydrogen) atoms. The highest BCUT2D eigenvalue weighted by atomic mass is 31.2. The molecule has 0 radical (unpaired) electrons. The van der Waals surface area contributed by atoms with Crippen LogP contribution in [0.1, 0.15) is 52.4 Å². The summed E-state index contributed by atoms with van der Waals surface area (Å²) in [5.41, 5.74) is 0. The van der Waals surface area contributed by atoms with Gasteiger partial charge in [0.2, 0.25) is 0 Å². The molecule has 0 aliphatic rings. The van der Waals surface area contributed by atoms with Gasteiger partial charge in [0, 0.05) is 13.3 Å². The van der Waals surface area contributed by atoms with E-state index in [1.165, 1.54) is 6.92 Å². The first kappa shape index (κ1) is 41.4. The monoisotopic (exact) mass is 642 g/mol. The Morgan fingerprint density at radius 3 is 2.20 bits per heavy atom. The highest BCUT2D eigenvalue weighted by molar-refractivity contribution is 7.47. The Morgan fingerprint density at radius 2 is 1.57 bits per heavy atom. The molecule has 0 aliphatic heterocycles. The number of allylic oxidation sites excluding steroid dienone is 8. The van der Waals surface area contributed by atoms with E-state index < -0.39 is 44.7 Å². The van der Waals surface area contributed by atoms with Crippen LogP contribution in [0.15, 0.2) is 72.9 Å². The predicted octanol–water partition coefficient (Wildman–Crippen LogP) is 4.72. The second-order valence-electron chi connectivity index (χ2n) is 10.9. The van der Waals surface area contributed by atoms with E-state index in [1.807, 2.05) is 70.6 Å². The van der Waals surface area contributed by atoms with E-state index in [4.69, 9.17) is 18.5 Å². The third-order valence-electron chi connectivity index (χ3n) is 5.48. The van der Waals surface area contributed by atoms with Crippen molar-refractivity contribution in [1.82, 2.24) is 0 Å². The van der Waals surface area contributed by atoms with Crippen molar-refractivity contribution in [2.75, 3.05) is 47.5 Å². The zero-order valence-corrected chi connectivity index (χ0v) is 27.7. The SMILES string of the molecule is CC/C=C\C[C@H](O)/C=C/C=C\C/C=C\C=C\[C@H](O)/C=C\CCCC(=O)O[C@H](COC(C)=O)COP(=O)(O)OCC[N+](C)(C)C. The molecule has 0 aromatic rings. The molecule has 0 bridgehead atoms. The predicted molar refractivity (Wildman–Crippen MR) is 171 cm³/mol. The van der Waals surface area contributed by atoms with Crippen LogP contribution in [-0.4, -0.2) is 97.3 Å². The maximum absolute atomic E-state index is 12.3. The molecule has 0 heterocycles. The lowest BCUT2D eigenvalue weighted by atomic mass is 10.2. The first-order valence-corrected chi connectivity index (χ1v) is 16.3. The maximum Gasteiger partial charge on any atom is 0.472 e. The normalized spacial score (nSPS) is 16.5. The summed E-state index contributed by atoms with van der Waals surface area (Å²) in [6.07, 6.45) is 22.8. The van der Waals surface area contributed by atoms with Gasteiger partial charge in [-0.2, -0.15) is 0 Å². The van der Waals surface area contributed by atoms with E-state index >= 15 is 0 Å². The van der Waals surface area contributed by atoms with Crippen LogP contribution in [0, 0.1) is 0 Å². The molecular weight excluding hydrogens is 589 g/mol. The molecule has 0 aliphatic carbocycles. The first-order valence-electron chi connectivity index (χ1n) is 14.8. The highest BCUT2D eigenvalue weighted by Gasteiger charge is 2.26. The van der Waals surface area contributed by atoms with Gasteiger partial charge in [-0.25, -0.2) is 4.57 Å². The third kappa shape index (κ3) is 28.2. The second kappa shape index (κ2) is 24.7. The van der Waals surface area contributed by atoms with Crippen molar-refractivity contribution >= 4 is 19.8 Å². The number of rotatable bonds is 24. The number of likely N-dealkylation sites (N-methyl/N-ethyl adjacent to an activating group) is 1. The number of phosphoric ester groups is 1. The van der Waals surface area contributed by atoms with Gasteiger partial charge in [0.05, 0.1) is 40.0 Å². The molecule has 250 valence electrons. The van der Waals surface area contributed by atoms with Crippen molar-refractivity contribution < 1.29 is 52.3 Å². The van der Waals surface area contributed by atoms with E-state index in [2.05, 4.69) is 0 Å². The Bertz CT molecular complexity index is 1030. The fourth-order valence-electron chi connectivity index (χ4n) is 3.12. The molecule has 1 unspecified atom stereocenters. The minimum atomic E-state index is -4.39. The summed E-state index contributed by atoms with van der Waals surface area (Å²) in [7, 11) is 1.32. The quantitative estimate of drug-likeness (QED) is 0.0337. The number of hydrogen-bond donors (Lipinski definition) is 3. The summed E-state index contributed by atoms with van der Waals surface area (Å²) >= 11 is 0. The number of carbonyl (C=O) groups excluding carboxylic acids is 2. The van der Waals surface area contributed by atoms with Crippen molar-refractivity contribution in [2.45, 2.75) is 70.7 Å². The van der Waals surface area contributed by atoms with Crippen LogP contribution in [0.3, 0.4) is 0 Å². The highest BCUT2D eigenvalue weighted by Crippen LogP contribution is 2.43. The van der Waals surface area contributed by atoms with E-state index in [1.54, 1.807) is 30.4 Å². The van der Waals surface area contributed by atoms with E-state index in [0.717, 1.165) is 6.42 Å². The zero-order valence-electron chi connectivity index (χ0n) is 26.8. The van der Waals surface area contributed by atoms with Crippen LogP contribution in [0.5, 0.6) is 0 Å². The number of ether oxygens (including phenoxy) is 2. The molecule has 0 aromatic carbocycles. The smallest absolute Gasteiger partial charge is 0.462 e. The molecule has 0 saturated carbocycles. The summed E-state index contributed by atoms with van der Waals surface area (Å²) in [6.45, 7) is 2.88. The lowest BCUT2D eigenvalue weighted by molar-refractivity contribution is -0.870. The molecule has 0 spiro atoms. The minimum Gasteiger partial charge on any atom is -0.462 e. The van der Waals surface area contributed by atoms with Crippen LogP contribution >= 0.6 is 7.82 Å². The van der Waals surface area contributed by atoms with Crippen LogP contribution in [0.25, 0.3) is 0 Å². The zero-order chi connectivity index (χ0) is 33.3. The third-order valence-corrected chi connectivity index (χ3v) is 6.47. The average molecular weight is 643 g/mol. The molecule has 12 heteroatoms. The Hall–Kier alpha value is -2.63. The number of hydrogen-bond acceptors (Lipinski definition) is 9. The summed E-state index contributed by atoms with van der Waals surface area (Å²) < 4.78 is 32.7. The van der Waals surface area contributed by atoms with Gasteiger partial charge in [0.15, 0.2) is 6.10 Å². The summed E-state index contributed by atoms with van der Waals surface area (Å²) in [6, 6.07) is 0. The van der Waals surface area contributed by atoms with Gasteiger partial charge in [0.1, 0.15) is 19.8 Å². The Labute approximate surface area is 263 Å². The molecule has 4 atom stereocenters. The van der Waals surface area contributed by atoms with Crippen LogP contribution < -0.4 is 0 Å². The van der Waals surface area contributed by atoms with Crippen molar-refractivity contribution in [1.29, 1.82) is 0 Å². The lowest BCUT2D eigenvalue weighted by Gasteiger charge is -2.24. The number of aliphatic hydroxyl groups is 2. The van der Waals surface area contributed by atoms with Crippen LogP contribution in [0.4, 0.5) is 0 Å². The fourth-order valence-corrected chi connectivity index (χ4v) is 3.87. The number of unbranched alkanes of at least 4 members (excludes halogenated alkanes) is 1. The standard InChI is InChI=1S/C32H52NO10P/c1-6-7-14-19-29(35)20-15-11-9-8-10-12-16-21-30(36)22-17-13-18-23-32(37)43-31(26-40-28(2)34)27-42-44(38,39)41-25-24-33(3,4)5/h7,9-12,14-17,20-22,29-31,35-36H,6,8,13,18-19,23-27H2,1-5H3/p+1/b11-9-,12-10-,14-7-,20-15+,21-16+,22-17-/t29-,30-,31+/m0/s1. The topological polar surface area (TPSA) is 149 Å². The molecule has 0 saturated heterocycles. The van der Waals surface area contributed by atoms with Gasteiger partial charge in [-0.15, -0.1) is 0 Å². The number of aliphatic hydroxyl groups excluding tert-OH is 2. The number of quaternary nitrogens is 1. The van der Waals surface area contributed by atoms with E-state index in [9.17, 15) is 29.3 Å². The maximum atomic E-state index is 12.3. The summed E-state index contributed by atoms with van der Waals surface area (Å²) in [5, 5.41) is 19.8. The largest absolute Gasteiger partial charge is 0.472 e. The molecular formula is C32H53NO10P+. The van der Waals surface area contributed by atoms with E-state index in [-0.39, 0.29) is 19.6 Å². The van der Waals surface area contributed by atoms with Crippen molar-refractivity contribution in [3.8, 4) is 0 Å². The van der Waals surface area contributed by atoms with Gasteiger partial charge in [-0.05, 0) is 32.1 Å². The average Bonchev–Trinajstić information content (AvgIpc) is 2.92. The number of carbonyl (C=O) groups is 2.